The fraction of sp³-hybridized carbons (Fsp3) is 0.375. The van der Waals surface area contributed by atoms with Gasteiger partial charge in [-0.3, -0.25) is 0 Å². The predicted molar refractivity (Wildman–Crippen MR) is 75.0 cm³/mol. The third-order valence-electron chi connectivity index (χ3n) is 3.59. The van der Waals surface area contributed by atoms with E-state index in [9.17, 15) is 4.39 Å². The van der Waals surface area contributed by atoms with E-state index in [1.807, 2.05) is 40.8 Å². The molecule has 1 aromatic carbocycles. The first-order chi connectivity index (χ1) is 8.93. The third kappa shape index (κ3) is 2.56. The van der Waals surface area contributed by atoms with Gasteiger partial charge in [-0.15, -0.1) is 0 Å². The lowest BCUT2D eigenvalue weighted by molar-refractivity contribution is 0.495. The summed E-state index contributed by atoms with van der Waals surface area (Å²) in [7, 11) is 1.88. The first kappa shape index (κ1) is 13.8. The molecule has 1 heterocycles. The van der Waals surface area contributed by atoms with Crippen molar-refractivity contribution < 1.29 is 8.81 Å². The maximum atomic E-state index is 13.6. The average molecular weight is 261 g/mol. The molecule has 2 nitrogen and oxygen atoms in total. The number of benzene rings is 1. The van der Waals surface area contributed by atoms with Crippen LogP contribution in [0.25, 0.3) is 0 Å². The Labute approximate surface area is 113 Å². The molecule has 2 aromatic rings. The van der Waals surface area contributed by atoms with Crippen molar-refractivity contribution in [1.29, 1.82) is 0 Å². The molecule has 1 N–H and O–H groups in total. The van der Waals surface area contributed by atoms with E-state index in [0.29, 0.717) is 0 Å². The zero-order valence-corrected chi connectivity index (χ0v) is 12.1. The second-order valence-electron chi connectivity index (χ2n) is 5.04. The SMILES string of the molecule is CNC(c1cc(C)cc(F)c1)c1c(C)oc(C)c1C. The Morgan fingerprint density at radius 3 is 2.21 bits per heavy atom. The largest absolute Gasteiger partial charge is 0.466 e. The Morgan fingerprint density at radius 2 is 1.74 bits per heavy atom. The van der Waals surface area contributed by atoms with Gasteiger partial charge in [0.05, 0.1) is 6.04 Å². The molecule has 102 valence electrons. The molecule has 0 spiro atoms. The van der Waals surface area contributed by atoms with Crippen LogP contribution in [0.1, 0.15) is 39.8 Å². The van der Waals surface area contributed by atoms with Crippen LogP contribution in [0.3, 0.4) is 0 Å². The summed E-state index contributed by atoms with van der Waals surface area (Å²) >= 11 is 0. The lowest BCUT2D eigenvalue weighted by Gasteiger charge is -2.18. The van der Waals surface area contributed by atoms with Crippen molar-refractivity contribution in [3.05, 3.63) is 57.8 Å². The van der Waals surface area contributed by atoms with Crippen molar-refractivity contribution in [3.8, 4) is 0 Å². The summed E-state index contributed by atoms with van der Waals surface area (Å²) in [5.74, 6) is 1.60. The highest BCUT2D eigenvalue weighted by atomic mass is 19.1. The van der Waals surface area contributed by atoms with Gasteiger partial charge >= 0.3 is 0 Å². The number of halogens is 1. The fourth-order valence-electron chi connectivity index (χ4n) is 2.64. The predicted octanol–water partition coefficient (Wildman–Crippen LogP) is 3.96. The van der Waals surface area contributed by atoms with E-state index in [-0.39, 0.29) is 11.9 Å². The summed E-state index contributed by atoms with van der Waals surface area (Å²) in [6.07, 6.45) is 0. The van der Waals surface area contributed by atoms with E-state index in [4.69, 9.17) is 4.42 Å². The van der Waals surface area contributed by atoms with Gasteiger partial charge in [-0.1, -0.05) is 6.07 Å². The van der Waals surface area contributed by atoms with Crippen molar-refractivity contribution in [2.45, 2.75) is 33.7 Å². The van der Waals surface area contributed by atoms with Crippen molar-refractivity contribution in [1.82, 2.24) is 5.32 Å². The van der Waals surface area contributed by atoms with Crippen LogP contribution in [-0.4, -0.2) is 7.05 Å². The normalized spacial score (nSPS) is 12.7. The monoisotopic (exact) mass is 261 g/mol. The van der Waals surface area contributed by atoms with Gasteiger partial charge in [0, 0.05) is 5.56 Å². The third-order valence-corrected chi connectivity index (χ3v) is 3.59. The maximum absolute atomic E-state index is 13.6. The molecule has 0 amide bonds. The summed E-state index contributed by atoms with van der Waals surface area (Å²) < 4.78 is 19.3. The molecular weight excluding hydrogens is 241 g/mol. The Hall–Kier alpha value is -1.61. The Bertz CT molecular complexity index is 581. The lowest BCUT2D eigenvalue weighted by Crippen LogP contribution is -2.19. The highest BCUT2D eigenvalue weighted by Gasteiger charge is 2.21. The zero-order valence-electron chi connectivity index (χ0n) is 12.1. The quantitative estimate of drug-likeness (QED) is 0.904. The Balaban J connectivity index is 2.56. The van der Waals surface area contributed by atoms with E-state index in [1.165, 1.54) is 6.07 Å². The molecular formula is C16H20FNO. The number of aryl methyl sites for hydroxylation is 3. The molecule has 1 unspecified atom stereocenters. The second-order valence-corrected chi connectivity index (χ2v) is 5.04. The van der Waals surface area contributed by atoms with Gasteiger partial charge in [0.15, 0.2) is 0 Å². The van der Waals surface area contributed by atoms with Gasteiger partial charge in [-0.25, -0.2) is 4.39 Å². The van der Waals surface area contributed by atoms with E-state index in [1.54, 1.807) is 6.07 Å². The maximum Gasteiger partial charge on any atom is 0.123 e. The van der Waals surface area contributed by atoms with Gasteiger partial charge in [0.2, 0.25) is 0 Å². The Kier molecular flexibility index (Phi) is 3.76. The minimum atomic E-state index is -0.203. The highest BCUT2D eigenvalue weighted by molar-refractivity contribution is 5.41. The smallest absolute Gasteiger partial charge is 0.123 e. The number of hydrogen-bond acceptors (Lipinski definition) is 2. The van der Waals surface area contributed by atoms with Gasteiger partial charge in [0.1, 0.15) is 17.3 Å². The van der Waals surface area contributed by atoms with Crippen LogP contribution >= 0.6 is 0 Å². The summed E-state index contributed by atoms with van der Waals surface area (Å²) in [6, 6.07) is 5.07. The van der Waals surface area contributed by atoms with Crippen LogP contribution in [0.4, 0.5) is 4.39 Å². The molecule has 2 rings (SSSR count). The van der Waals surface area contributed by atoms with Crippen molar-refractivity contribution in [3.63, 3.8) is 0 Å². The highest BCUT2D eigenvalue weighted by Crippen LogP contribution is 2.31. The molecule has 0 aliphatic rings. The minimum Gasteiger partial charge on any atom is -0.466 e. The molecule has 3 heteroatoms. The summed E-state index contributed by atoms with van der Waals surface area (Å²) in [6.45, 7) is 7.85. The van der Waals surface area contributed by atoms with Crippen LogP contribution in [0.5, 0.6) is 0 Å². The standard InChI is InChI=1S/C16H20FNO/c1-9-6-13(8-14(17)7-9)16(18-5)15-10(2)11(3)19-12(15)4/h6-8,16,18H,1-5H3. The summed E-state index contributed by atoms with van der Waals surface area (Å²) in [5, 5.41) is 3.26. The van der Waals surface area contributed by atoms with E-state index in [0.717, 1.165) is 33.8 Å². The van der Waals surface area contributed by atoms with Gasteiger partial charge < -0.3 is 9.73 Å². The van der Waals surface area contributed by atoms with Crippen LogP contribution < -0.4 is 5.32 Å². The van der Waals surface area contributed by atoms with Gasteiger partial charge in [-0.2, -0.15) is 0 Å². The molecule has 0 radical (unpaired) electrons. The van der Waals surface area contributed by atoms with Crippen molar-refractivity contribution in [2.75, 3.05) is 7.05 Å². The van der Waals surface area contributed by atoms with Gasteiger partial charge in [-0.05, 0) is 63.6 Å². The van der Waals surface area contributed by atoms with Crippen molar-refractivity contribution >= 4 is 0 Å². The molecule has 0 saturated heterocycles. The van der Waals surface area contributed by atoms with Crippen LogP contribution in [0.15, 0.2) is 22.6 Å². The fourth-order valence-corrected chi connectivity index (χ4v) is 2.64. The second kappa shape index (κ2) is 5.17. The number of hydrogen-bond donors (Lipinski definition) is 1. The molecule has 0 aliphatic carbocycles. The molecule has 0 aliphatic heterocycles. The lowest BCUT2D eigenvalue weighted by atomic mass is 9.94. The minimum absolute atomic E-state index is 0.0492. The molecule has 1 atom stereocenters. The summed E-state index contributed by atoms with van der Waals surface area (Å²) in [5.41, 5.74) is 4.07. The molecule has 0 fully saturated rings. The van der Waals surface area contributed by atoms with Crippen LogP contribution in [0, 0.1) is 33.5 Å². The summed E-state index contributed by atoms with van der Waals surface area (Å²) in [4.78, 5) is 0. The van der Waals surface area contributed by atoms with E-state index in [2.05, 4.69) is 5.32 Å². The Morgan fingerprint density at radius 1 is 1.05 bits per heavy atom. The first-order valence-electron chi connectivity index (χ1n) is 6.45. The topological polar surface area (TPSA) is 25.2 Å². The number of furan rings is 1. The molecule has 19 heavy (non-hydrogen) atoms. The molecule has 0 bridgehead atoms. The van der Waals surface area contributed by atoms with Crippen LogP contribution in [0.2, 0.25) is 0 Å². The molecule has 0 saturated carbocycles. The number of nitrogens with one attached hydrogen (secondary N) is 1. The van der Waals surface area contributed by atoms with Crippen LogP contribution in [-0.2, 0) is 0 Å². The van der Waals surface area contributed by atoms with Gasteiger partial charge in [0.25, 0.3) is 0 Å². The van der Waals surface area contributed by atoms with E-state index < -0.39 is 0 Å². The average Bonchev–Trinajstić information content (AvgIpc) is 2.56. The first-order valence-corrected chi connectivity index (χ1v) is 6.45. The van der Waals surface area contributed by atoms with E-state index >= 15 is 0 Å². The zero-order chi connectivity index (χ0) is 14.2. The number of rotatable bonds is 3. The molecule has 1 aromatic heterocycles. The van der Waals surface area contributed by atoms with Crippen molar-refractivity contribution in [2.24, 2.45) is 0 Å².